The van der Waals surface area contributed by atoms with Crippen LogP contribution in [0.25, 0.3) is 0 Å². The number of hydrogen-bond donors (Lipinski definition) is 2. The predicted molar refractivity (Wildman–Crippen MR) is 83.2 cm³/mol. The van der Waals surface area contributed by atoms with Crippen LogP contribution in [-0.2, 0) is 16.1 Å². The number of amides is 1. The number of hydrogen-bond acceptors (Lipinski definition) is 5. The molecule has 122 valence electrons. The summed E-state index contributed by atoms with van der Waals surface area (Å²) in [4.78, 5) is 12.1. The van der Waals surface area contributed by atoms with Gasteiger partial charge in [0.05, 0.1) is 6.04 Å². The summed E-state index contributed by atoms with van der Waals surface area (Å²) in [7, 11) is 0. The normalized spacial score (nSPS) is 18.4. The van der Waals surface area contributed by atoms with Gasteiger partial charge in [-0.05, 0) is 36.5 Å². The van der Waals surface area contributed by atoms with Crippen LogP contribution in [0.15, 0.2) is 18.2 Å². The molecular weight excluding hydrogens is 308 g/mol. The number of nitrogens with two attached hydrogens (primary N) is 1. The zero-order valence-electron chi connectivity index (χ0n) is 12.2. The van der Waals surface area contributed by atoms with Crippen molar-refractivity contribution in [2.45, 2.75) is 25.4 Å². The standard InChI is InChI=1S/C15H20N2O4.ClH/c16-14(11-3-5-19-6-4-11)15(18)17-8-10-1-2-12-13(7-10)21-9-20-12;/h1-2,7,11,14H,3-6,8-9,16H2,(H,17,18);1H. The number of ether oxygens (including phenoxy) is 3. The summed E-state index contributed by atoms with van der Waals surface area (Å²) in [5.74, 6) is 1.55. The second kappa shape index (κ2) is 7.67. The smallest absolute Gasteiger partial charge is 0.237 e. The number of benzene rings is 1. The van der Waals surface area contributed by atoms with Crippen molar-refractivity contribution in [3.8, 4) is 11.5 Å². The highest BCUT2D eigenvalue weighted by atomic mass is 35.5. The lowest BCUT2D eigenvalue weighted by Gasteiger charge is -2.26. The maximum Gasteiger partial charge on any atom is 0.237 e. The van der Waals surface area contributed by atoms with Gasteiger partial charge in [0, 0.05) is 19.8 Å². The molecule has 0 spiro atoms. The first-order valence-electron chi connectivity index (χ1n) is 7.23. The summed E-state index contributed by atoms with van der Waals surface area (Å²) in [6.07, 6.45) is 1.69. The molecule has 3 rings (SSSR count). The highest BCUT2D eigenvalue weighted by molar-refractivity contribution is 5.85. The summed E-state index contributed by atoms with van der Waals surface area (Å²) in [6.45, 7) is 2.06. The summed E-state index contributed by atoms with van der Waals surface area (Å²) in [5.41, 5.74) is 7.00. The van der Waals surface area contributed by atoms with Crippen LogP contribution in [0.3, 0.4) is 0 Å². The fraction of sp³-hybridized carbons (Fsp3) is 0.533. The van der Waals surface area contributed by atoms with Crippen molar-refractivity contribution in [1.82, 2.24) is 5.32 Å². The molecule has 1 fully saturated rings. The Labute approximate surface area is 135 Å². The van der Waals surface area contributed by atoms with E-state index >= 15 is 0 Å². The Kier molecular flexibility index (Phi) is 5.88. The van der Waals surface area contributed by atoms with E-state index in [4.69, 9.17) is 19.9 Å². The van der Waals surface area contributed by atoms with Crippen molar-refractivity contribution in [1.29, 1.82) is 0 Å². The molecule has 1 aromatic carbocycles. The van der Waals surface area contributed by atoms with E-state index in [1.807, 2.05) is 18.2 Å². The second-order valence-corrected chi connectivity index (χ2v) is 5.38. The molecule has 0 bridgehead atoms. The monoisotopic (exact) mass is 328 g/mol. The van der Waals surface area contributed by atoms with Gasteiger partial charge in [-0.25, -0.2) is 0 Å². The van der Waals surface area contributed by atoms with E-state index in [2.05, 4.69) is 5.32 Å². The molecule has 7 heteroatoms. The summed E-state index contributed by atoms with van der Waals surface area (Å²) in [5, 5.41) is 2.89. The van der Waals surface area contributed by atoms with Crippen molar-refractivity contribution in [2.75, 3.05) is 20.0 Å². The molecule has 3 N–H and O–H groups in total. The lowest BCUT2D eigenvalue weighted by Crippen LogP contribution is -2.46. The summed E-state index contributed by atoms with van der Waals surface area (Å²) in [6, 6.07) is 5.17. The molecule has 1 unspecified atom stereocenters. The highest BCUT2D eigenvalue weighted by Gasteiger charge is 2.26. The Morgan fingerprint density at radius 1 is 1.27 bits per heavy atom. The molecule has 0 aliphatic carbocycles. The zero-order chi connectivity index (χ0) is 14.7. The van der Waals surface area contributed by atoms with Crippen LogP contribution >= 0.6 is 12.4 Å². The lowest BCUT2D eigenvalue weighted by atomic mass is 9.92. The van der Waals surface area contributed by atoms with Gasteiger partial charge in [-0.15, -0.1) is 12.4 Å². The van der Waals surface area contributed by atoms with Gasteiger partial charge in [0.15, 0.2) is 11.5 Å². The molecule has 1 aromatic rings. The number of halogens is 1. The van der Waals surface area contributed by atoms with Crippen molar-refractivity contribution in [3.05, 3.63) is 23.8 Å². The SMILES string of the molecule is Cl.NC(C(=O)NCc1ccc2c(c1)OCO2)C1CCOCC1. The van der Waals surface area contributed by atoms with Crippen molar-refractivity contribution >= 4 is 18.3 Å². The molecule has 22 heavy (non-hydrogen) atoms. The Morgan fingerprint density at radius 3 is 2.77 bits per heavy atom. The average Bonchev–Trinajstić information content (AvgIpc) is 3.00. The van der Waals surface area contributed by atoms with Gasteiger partial charge in [0.1, 0.15) is 0 Å². The van der Waals surface area contributed by atoms with E-state index in [0.717, 1.165) is 29.9 Å². The number of carbonyl (C=O) groups excluding carboxylic acids is 1. The first kappa shape index (κ1) is 16.9. The fourth-order valence-corrected chi connectivity index (χ4v) is 2.65. The minimum absolute atomic E-state index is 0. The molecule has 1 amide bonds. The number of carbonyl (C=O) groups is 1. The van der Waals surface area contributed by atoms with Crippen LogP contribution in [0.4, 0.5) is 0 Å². The molecule has 6 nitrogen and oxygen atoms in total. The molecule has 2 heterocycles. The number of rotatable bonds is 4. The van der Waals surface area contributed by atoms with Gasteiger partial charge < -0.3 is 25.3 Å². The van der Waals surface area contributed by atoms with E-state index in [1.54, 1.807) is 0 Å². The van der Waals surface area contributed by atoms with Crippen LogP contribution in [0.2, 0.25) is 0 Å². The lowest BCUT2D eigenvalue weighted by molar-refractivity contribution is -0.124. The maximum atomic E-state index is 12.1. The van der Waals surface area contributed by atoms with Gasteiger partial charge in [-0.3, -0.25) is 4.79 Å². The number of nitrogens with one attached hydrogen (secondary N) is 1. The van der Waals surface area contributed by atoms with Crippen LogP contribution in [-0.4, -0.2) is 32.0 Å². The average molecular weight is 329 g/mol. The topological polar surface area (TPSA) is 82.8 Å². The number of fused-ring (bicyclic) bond motifs is 1. The van der Waals surface area contributed by atoms with Gasteiger partial charge in [0.25, 0.3) is 0 Å². The second-order valence-electron chi connectivity index (χ2n) is 5.38. The van der Waals surface area contributed by atoms with Gasteiger partial charge in [-0.1, -0.05) is 6.07 Å². The van der Waals surface area contributed by atoms with E-state index in [1.165, 1.54) is 0 Å². The largest absolute Gasteiger partial charge is 0.454 e. The fourth-order valence-electron chi connectivity index (χ4n) is 2.65. The van der Waals surface area contributed by atoms with Crippen molar-refractivity contribution in [3.63, 3.8) is 0 Å². The van der Waals surface area contributed by atoms with E-state index in [-0.39, 0.29) is 31.0 Å². The summed E-state index contributed by atoms with van der Waals surface area (Å²) < 4.78 is 15.9. The molecule has 2 aliphatic rings. The highest BCUT2D eigenvalue weighted by Crippen LogP contribution is 2.32. The molecule has 1 saturated heterocycles. The minimum Gasteiger partial charge on any atom is -0.454 e. The van der Waals surface area contributed by atoms with E-state index in [9.17, 15) is 4.79 Å². The third-order valence-corrected chi connectivity index (χ3v) is 3.98. The van der Waals surface area contributed by atoms with Gasteiger partial charge in [-0.2, -0.15) is 0 Å². The Morgan fingerprint density at radius 2 is 2.00 bits per heavy atom. The third kappa shape index (κ3) is 3.82. The maximum absolute atomic E-state index is 12.1. The molecule has 0 saturated carbocycles. The van der Waals surface area contributed by atoms with E-state index < -0.39 is 6.04 Å². The Bertz CT molecular complexity index is 520. The first-order chi connectivity index (χ1) is 10.2. The zero-order valence-corrected chi connectivity index (χ0v) is 13.1. The Balaban J connectivity index is 0.00000176. The molecule has 1 atom stereocenters. The molecule has 0 radical (unpaired) electrons. The van der Waals surface area contributed by atoms with Crippen molar-refractivity contribution in [2.24, 2.45) is 11.7 Å². The first-order valence-corrected chi connectivity index (χ1v) is 7.23. The third-order valence-electron chi connectivity index (χ3n) is 3.98. The van der Waals surface area contributed by atoms with Crippen LogP contribution in [0.5, 0.6) is 11.5 Å². The van der Waals surface area contributed by atoms with E-state index in [0.29, 0.717) is 19.8 Å². The minimum atomic E-state index is -0.470. The molecule has 2 aliphatic heterocycles. The van der Waals surface area contributed by atoms with Crippen LogP contribution in [0.1, 0.15) is 18.4 Å². The van der Waals surface area contributed by atoms with Crippen LogP contribution in [0, 0.1) is 5.92 Å². The van der Waals surface area contributed by atoms with Gasteiger partial charge >= 0.3 is 0 Å². The van der Waals surface area contributed by atoms with Gasteiger partial charge in [0.2, 0.25) is 12.7 Å². The van der Waals surface area contributed by atoms with Crippen molar-refractivity contribution < 1.29 is 19.0 Å². The summed E-state index contributed by atoms with van der Waals surface area (Å²) >= 11 is 0. The Hall–Kier alpha value is -1.50. The quantitative estimate of drug-likeness (QED) is 0.868. The van der Waals surface area contributed by atoms with Crippen LogP contribution < -0.4 is 20.5 Å². The predicted octanol–water partition coefficient (Wildman–Crippen LogP) is 1.21. The molecular formula is C15H21ClN2O4. The molecule has 0 aromatic heterocycles.